The molecular weight excluding hydrogens is 283 g/mol. The van der Waals surface area contributed by atoms with E-state index in [1.54, 1.807) is 6.20 Å². The summed E-state index contributed by atoms with van der Waals surface area (Å²) < 4.78 is 0. The van der Waals surface area contributed by atoms with Gasteiger partial charge in [0, 0.05) is 18.3 Å². The molecule has 0 aliphatic rings. The number of hydrogen-bond donors (Lipinski definition) is 5. The summed E-state index contributed by atoms with van der Waals surface area (Å²) in [4.78, 5) is 18.8. The van der Waals surface area contributed by atoms with Crippen molar-refractivity contribution < 1.29 is 14.8 Å². The maximum atomic E-state index is 12.1. The predicted octanol–water partition coefficient (Wildman–Crippen LogP) is -0.981. The molecule has 0 unspecified atom stereocenters. The standard InChI is InChI=1S/C14H19BN4O3/c16-12(7-11-8-17-9-18-11)14(20)19-13(15(21)22)6-10-4-2-1-3-5-10/h1-5,8-9,12-13,21-22H,6-7,16H2,(H,17,18)(H,19,20)/t12-,13-/m0/s1. The minimum atomic E-state index is -1.66. The first kappa shape index (κ1) is 16.2. The quantitative estimate of drug-likeness (QED) is 0.420. The SMILES string of the molecule is N[C@@H](Cc1cnc[nH]1)C(=O)N[C@@H](Cc1ccccc1)B(O)O. The minimum Gasteiger partial charge on any atom is -0.426 e. The van der Waals surface area contributed by atoms with Crippen LogP contribution in [-0.2, 0) is 17.6 Å². The van der Waals surface area contributed by atoms with Crippen LogP contribution in [-0.4, -0.2) is 45.0 Å². The first-order chi connectivity index (χ1) is 10.6. The van der Waals surface area contributed by atoms with Gasteiger partial charge in [-0.15, -0.1) is 0 Å². The number of hydrogen-bond acceptors (Lipinski definition) is 5. The molecule has 0 fully saturated rings. The molecule has 6 N–H and O–H groups in total. The maximum Gasteiger partial charge on any atom is 0.475 e. The molecule has 116 valence electrons. The number of amides is 1. The number of carbonyl (C=O) groups is 1. The third-order valence-electron chi connectivity index (χ3n) is 3.32. The van der Waals surface area contributed by atoms with Crippen LogP contribution in [0.4, 0.5) is 0 Å². The van der Waals surface area contributed by atoms with Crippen LogP contribution in [0.2, 0.25) is 0 Å². The molecule has 2 aromatic rings. The van der Waals surface area contributed by atoms with Crippen molar-refractivity contribution in [1.82, 2.24) is 15.3 Å². The molecule has 1 heterocycles. The highest BCUT2D eigenvalue weighted by Crippen LogP contribution is 2.05. The molecule has 8 heteroatoms. The molecular formula is C14H19BN4O3. The third kappa shape index (κ3) is 4.69. The van der Waals surface area contributed by atoms with Crippen LogP contribution < -0.4 is 11.1 Å². The molecule has 0 saturated heterocycles. The van der Waals surface area contributed by atoms with Gasteiger partial charge in [-0.25, -0.2) is 4.98 Å². The van der Waals surface area contributed by atoms with Crippen LogP contribution in [0.5, 0.6) is 0 Å². The van der Waals surface area contributed by atoms with E-state index in [0.29, 0.717) is 12.8 Å². The summed E-state index contributed by atoms with van der Waals surface area (Å²) in [6.07, 6.45) is 3.71. The highest BCUT2D eigenvalue weighted by atomic mass is 16.4. The van der Waals surface area contributed by atoms with Gasteiger partial charge in [0.2, 0.25) is 5.91 Å². The summed E-state index contributed by atoms with van der Waals surface area (Å²) in [5.41, 5.74) is 7.46. The van der Waals surface area contributed by atoms with E-state index in [1.165, 1.54) is 6.33 Å². The second-order valence-corrected chi connectivity index (χ2v) is 5.11. The Balaban J connectivity index is 1.93. The van der Waals surface area contributed by atoms with Gasteiger partial charge in [-0.2, -0.15) is 0 Å². The molecule has 1 amide bonds. The van der Waals surface area contributed by atoms with Crippen molar-refractivity contribution in [3.63, 3.8) is 0 Å². The Morgan fingerprint density at radius 3 is 2.64 bits per heavy atom. The van der Waals surface area contributed by atoms with Gasteiger partial charge in [-0.3, -0.25) is 4.79 Å². The summed E-state index contributed by atoms with van der Waals surface area (Å²) in [5, 5.41) is 21.5. The zero-order valence-electron chi connectivity index (χ0n) is 12.0. The second-order valence-electron chi connectivity index (χ2n) is 5.11. The number of benzene rings is 1. The number of H-pyrrole nitrogens is 1. The molecule has 0 radical (unpaired) electrons. The molecule has 0 aliphatic carbocycles. The number of nitrogens with one attached hydrogen (secondary N) is 2. The Labute approximate surface area is 128 Å². The summed E-state index contributed by atoms with van der Waals surface area (Å²) in [7, 11) is -1.66. The molecule has 7 nitrogen and oxygen atoms in total. The Hall–Kier alpha value is -2.16. The summed E-state index contributed by atoms with van der Waals surface area (Å²) in [6, 6.07) is 8.48. The Morgan fingerprint density at radius 1 is 1.32 bits per heavy atom. The molecule has 2 rings (SSSR count). The van der Waals surface area contributed by atoms with Gasteiger partial charge in [0.15, 0.2) is 0 Å². The highest BCUT2D eigenvalue weighted by Gasteiger charge is 2.27. The van der Waals surface area contributed by atoms with Gasteiger partial charge in [-0.1, -0.05) is 30.3 Å². The monoisotopic (exact) mass is 302 g/mol. The molecule has 1 aromatic heterocycles. The van der Waals surface area contributed by atoms with Gasteiger partial charge >= 0.3 is 7.12 Å². The minimum absolute atomic E-state index is 0.297. The van der Waals surface area contributed by atoms with Crippen molar-refractivity contribution in [2.45, 2.75) is 24.8 Å². The first-order valence-electron chi connectivity index (χ1n) is 6.99. The highest BCUT2D eigenvalue weighted by molar-refractivity contribution is 6.43. The molecule has 0 spiro atoms. The lowest BCUT2D eigenvalue weighted by atomic mass is 9.75. The maximum absolute atomic E-state index is 12.1. The van der Waals surface area contributed by atoms with Crippen molar-refractivity contribution >= 4 is 13.0 Å². The van der Waals surface area contributed by atoms with Crippen LogP contribution in [0.1, 0.15) is 11.3 Å². The molecule has 22 heavy (non-hydrogen) atoms. The number of aromatic amines is 1. The first-order valence-corrected chi connectivity index (χ1v) is 6.99. The normalized spacial score (nSPS) is 13.4. The second kappa shape index (κ2) is 7.74. The van der Waals surface area contributed by atoms with E-state index in [0.717, 1.165) is 11.3 Å². The lowest BCUT2D eigenvalue weighted by molar-refractivity contribution is -0.122. The number of aromatic nitrogens is 2. The number of rotatable bonds is 7. The van der Waals surface area contributed by atoms with Gasteiger partial charge < -0.3 is 26.1 Å². The van der Waals surface area contributed by atoms with E-state index in [4.69, 9.17) is 5.73 Å². The van der Waals surface area contributed by atoms with E-state index in [1.807, 2.05) is 30.3 Å². The van der Waals surface area contributed by atoms with Crippen molar-refractivity contribution in [1.29, 1.82) is 0 Å². The number of imidazole rings is 1. The average Bonchev–Trinajstić information content (AvgIpc) is 3.00. The largest absolute Gasteiger partial charge is 0.475 e. The Kier molecular flexibility index (Phi) is 5.71. The van der Waals surface area contributed by atoms with Gasteiger partial charge in [-0.05, 0) is 12.0 Å². The van der Waals surface area contributed by atoms with Crippen LogP contribution in [0.15, 0.2) is 42.9 Å². The molecule has 0 aliphatic heterocycles. The molecule has 0 saturated carbocycles. The number of nitrogens with two attached hydrogens (primary N) is 1. The van der Waals surface area contributed by atoms with E-state index >= 15 is 0 Å². The number of carbonyl (C=O) groups excluding carboxylic acids is 1. The van der Waals surface area contributed by atoms with E-state index in [9.17, 15) is 14.8 Å². The predicted molar refractivity (Wildman–Crippen MR) is 82.5 cm³/mol. The topological polar surface area (TPSA) is 124 Å². The van der Waals surface area contributed by atoms with E-state index in [2.05, 4.69) is 15.3 Å². The lowest BCUT2D eigenvalue weighted by Crippen LogP contribution is -2.53. The Morgan fingerprint density at radius 2 is 2.05 bits per heavy atom. The fourth-order valence-electron chi connectivity index (χ4n) is 2.11. The summed E-state index contributed by atoms with van der Waals surface area (Å²) in [6.45, 7) is 0. The molecule has 2 atom stereocenters. The molecule has 1 aromatic carbocycles. The van der Waals surface area contributed by atoms with Crippen LogP contribution >= 0.6 is 0 Å². The van der Waals surface area contributed by atoms with Crippen molar-refractivity contribution in [2.75, 3.05) is 0 Å². The smallest absolute Gasteiger partial charge is 0.426 e. The fourth-order valence-corrected chi connectivity index (χ4v) is 2.11. The zero-order valence-corrected chi connectivity index (χ0v) is 12.0. The van der Waals surface area contributed by atoms with Gasteiger partial charge in [0.25, 0.3) is 0 Å². The van der Waals surface area contributed by atoms with Crippen LogP contribution in [0, 0.1) is 0 Å². The van der Waals surface area contributed by atoms with E-state index < -0.39 is 25.0 Å². The number of nitrogens with zero attached hydrogens (tertiary/aromatic N) is 1. The van der Waals surface area contributed by atoms with Crippen molar-refractivity contribution in [2.24, 2.45) is 5.73 Å². The van der Waals surface area contributed by atoms with Crippen LogP contribution in [0.25, 0.3) is 0 Å². The Bertz CT molecular complexity index is 577. The van der Waals surface area contributed by atoms with Crippen molar-refractivity contribution in [3.8, 4) is 0 Å². The summed E-state index contributed by atoms with van der Waals surface area (Å²) >= 11 is 0. The van der Waals surface area contributed by atoms with Crippen molar-refractivity contribution in [3.05, 3.63) is 54.1 Å². The zero-order chi connectivity index (χ0) is 15.9. The van der Waals surface area contributed by atoms with Gasteiger partial charge in [0.05, 0.1) is 18.3 Å². The van der Waals surface area contributed by atoms with E-state index in [-0.39, 0.29) is 0 Å². The van der Waals surface area contributed by atoms with Gasteiger partial charge in [0.1, 0.15) is 0 Å². The third-order valence-corrected chi connectivity index (χ3v) is 3.32. The fraction of sp³-hybridized carbons (Fsp3) is 0.286. The average molecular weight is 302 g/mol. The lowest BCUT2D eigenvalue weighted by Gasteiger charge is -2.20. The van der Waals surface area contributed by atoms with Crippen LogP contribution in [0.3, 0.4) is 0 Å². The molecule has 0 bridgehead atoms. The summed E-state index contributed by atoms with van der Waals surface area (Å²) in [5.74, 6) is -1.26.